The number of amides is 1. The Bertz CT molecular complexity index is 1810. The van der Waals surface area contributed by atoms with Crippen molar-refractivity contribution in [2.45, 2.75) is 36.5 Å². The second-order valence-corrected chi connectivity index (χ2v) is 12.6. The normalized spacial score (nSPS) is 21.7. The number of halogens is 6. The van der Waals surface area contributed by atoms with E-state index in [9.17, 15) is 22.4 Å². The van der Waals surface area contributed by atoms with Gasteiger partial charge in [0.1, 0.15) is 5.60 Å². The van der Waals surface area contributed by atoms with E-state index in [1.54, 1.807) is 29.2 Å². The van der Waals surface area contributed by atoms with Crippen molar-refractivity contribution in [2.24, 2.45) is 4.40 Å². The molecule has 0 N–H and O–H groups in total. The van der Waals surface area contributed by atoms with Gasteiger partial charge in [0.15, 0.2) is 10.6 Å². The van der Waals surface area contributed by atoms with Gasteiger partial charge in [-0.1, -0.05) is 66.2 Å². The van der Waals surface area contributed by atoms with E-state index in [2.05, 4.69) is 11.0 Å². The van der Waals surface area contributed by atoms with Gasteiger partial charge in [-0.05, 0) is 81.9 Å². The summed E-state index contributed by atoms with van der Waals surface area (Å²) in [6.07, 6.45) is 0.318. The van der Waals surface area contributed by atoms with Crippen molar-refractivity contribution < 1.29 is 27.1 Å². The summed E-state index contributed by atoms with van der Waals surface area (Å²) in [4.78, 5) is 15.0. The number of fused-ring (bicyclic) bond motifs is 2. The van der Waals surface area contributed by atoms with E-state index >= 15 is 0 Å². The molecule has 1 amide bonds. The third-order valence-corrected chi connectivity index (χ3v) is 9.98. The Labute approximate surface area is 259 Å². The molecular weight excluding hydrogens is 623 g/mol. The lowest BCUT2D eigenvalue weighted by atomic mass is 9.83. The Hall–Kier alpha value is -3.11. The standard InChI is InChI=1S/C32H24Cl2F4N2O2S/c1-3-5-19-6-7-21(10-18(19)4-2)29(41)40-16-30(17-40)24-9-8-20(11-22(24)15-42-30)27-14-31(43-39-27,32(36,37)38)23-12-25(33)28(35)26(34)13-23/h3-13H,1,14-17H2,2H3/b18-4-,19-5-/t31-/m0/s1. The quantitative estimate of drug-likeness (QED) is 0.173. The molecule has 222 valence electrons. The first-order chi connectivity index (χ1) is 20.4. The molecule has 1 saturated heterocycles. The molecule has 3 heterocycles. The molecule has 0 aliphatic carbocycles. The van der Waals surface area contributed by atoms with Gasteiger partial charge in [-0.2, -0.15) is 13.2 Å². The van der Waals surface area contributed by atoms with E-state index < -0.39 is 38.8 Å². The van der Waals surface area contributed by atoms with Gasteiger partial charge in [0, 0.05) is 12.0 Å². The van der Waals surface area contributed by atoms with Gasteiger partial charge < -0.3 is 9.64 Å². The lowest BCUT2D eigenvalue weighted by Crippen LogP contribution is -2.61. The zero-order valence-corrected chi connectivity index (χ0v) is 25.1. The second kappa shape index (κ2) is 10.8. The Morgan fingerprint density at radius 1 is 1.09 bits per heavy atom. The van der Waals surface area contributed by atoms with Crippen LogP contribution in [0.1, 0.15) is 46.0 Å². The maximum Gasteiger partial charge on any atom is 0.409 e. The highest BCUT2D eigenvalue weighted by molar-refractivity contribution is 7.99. The smallest absolute Gasteiger partial charge is 0.362 e. The van der Waals surface area contributed by atoms with Crippen molar-refractivity contribution in [3.05, 3.63) is 115 Å². The van der Waals surface area contributed by atoms with Crippen LogP contribution in [-0.4, -0.2) is 35.8 Å². The van der Waals surface area contributed by atoms with Gasteiger partial charge >= 0.3 is 6.18 Å². The molecule has 43 heavy (non-hydrogen) atoms. The fourth-order valence-electron chi connectivity index (χ4n) is 5.87. The largest absolute Gasteiger partial charge is 0.409 e. The lowest BCUT2D eigenvalue weighted by Gasteiger charge is -2.47. The number of hydrogen-bond donors (Lipinski definition) is 0. The minimum Gasteiger partial charge on any atom is -0.362 e. The van der Waals surface area contributed by atoms with Crippen molar-refractivity contribution in [3.8, 4) is 0 Å². The average molecular weight is 648 g/mol. The number of benzene rings is 3. The van der Waals surface area contributed by atoms with Crippen LogP contribution in [0.3, 0.4) is 0 Å². The summed E-state index contributed by atoms with van der Waals surface area (Å²) >= 11 is 12.1. The number of likely N-dealkylation sites (tertiary alicyclic amines) is 1. The van der Waals surface area contributed by atoms with Gasteiger partial charge in [-0.25, -0.2) is 8.79 Å². The first-order valence-electron chi connectivity index (χ1n) is 13.3. The summed E-state index contributed by atoms with van der Waals surface area (Å²) in [5, 5.41) is 0.936. The Morgan fingerprint density at radius 3 is 2.47 bits per heavy atom. The minimum absolute atomic E-state index is 0.102. The molecule has 1 atom stereocenters. The third-order valence-electron chi connectivity index (χ3n) is 8.19. The third kappa shape index (κ3) is 4.90. The average Bonchev–Trinajstić information content (AvgIpc) is 3.58. The van der Waals surface area contributed by atoms with Crippen molar-refractivity contribution in [1.82, 2.24) is 4.90 Å². The van der Waals surface area contributed by atoms with Crippen LogP contribution in [0, 0.1) is 5.82 Å². The van der Waals surface area contributed by atoms with Gasteiger partial charge in [0.25, 0.3) is 5.91 Å². The van der Waals surface area contributed by atoms with Crippen molar-refractivity contribution in [1.29, 1.82) is 0 Å². The molecule has 1 fully saturated rings. The fourth-order valence-corrected chi connectivity index (χ4v) is 7.32. The second-order valence-electron chi connectivity index (χ2n) is 10.7. The molecule has 1 spiro atoms. The number of ether oxygens (including phenoxy) is 1. The van der Waals surface area contributed by atoms with Crippen molar-refractivity contribution in [3.63, 3.8) is 0 Å². The number of allylic oxidation sites excluding steroid dienone is 1. The van der Waals surface area contributed by atoms with E-state index in [0.717, 1.165) is 33.7 Å². The molecule has 6 rings (SSSR count). The number of nitrogens with zero attached hydrogens (tertiary/aromatic N) is 2. The molecular formula is C32H24Cl2F4N2O2S. The van der Waals surface area contributed by atoms with E-state index in [-0.39, 0.29) is 23.8 Å². The maximum absolute atomic E-state index is 14.5. The topological polar surface area (TPSA) is 41.9 Å². The Morgan fingerprint density at radius 2 is 1.81 bits per heavy atom. The van der Waals surface area contributed by atoms with E-state index in [4.69, 9.17) is 27.9 Å². The SMILES string of the molecule is C=C/C=c1/ccc(C(=O)N2CC3(C2)OCc2cc(C4=NS[C@@](c5cc(Cl)c(F)c(Cl)c5)(C(F)(F)F)C4)ccc23)c/c1=C/C. The monoisotopic (exact) mass is 646 g/mol. The molecule has 3 aromatic carbocycles. The number of alkyl halides is 3. The molecule has 0 saturated carbocycles. The van der Waals surface area contributed by atoms with Gasteiger partial charge in [-0.15, -0.1) is 0 Å². The summed E-state index contributed by atoms with van der Waals surface area (Å²) in [6, 6.07) is 12.8. The predicted octanol–water partition coefficient (Wildman–Crippen LogP) is 7.08. The van der Waals surface area contributed by atoms with Crippen LogP contribution in [0.5, 0.6) is 0 Å². The van der Waals surface area contributed by atoms with Crippen LogP contribution in [0.4, 0.5) is 17.6 Å². The van der Waals surface area contributed by atoms with E-state index in [1.165, 1.54) is 0 Å². The number of hydrogen-bond acceptors (Lipinski definition) is 4. The minimum atomic E-state index is -4.72. The number of carbonyl (C=O) groups is 1. The molecule has 4 nitrogen and oxygen atoms in total. The number of carbonyl (C=O) groups excluding carboxylic acids is 1. The van der Waals surface area contributed by atoms with Crippen LogP contribution >= 0.6 is 35.1 Å². The van der Waals surface area contributed by atoms with Gasteiger partial charge in [0.2, 0.25) is 0 Å². The maximum atomic E-state index is 14.5. The summed E-state index contributed by atoms with van der Waals surface area (Å²) in [5.41, 5.74) is 2.17. The molecule has 11 heteroatoms. The molecule has 3 aliphatic rings. The summed E-state index contributed by atoms with van der Waals surface area (Å²) in [7, 11) is 0. The van der Waals surface area contributed by atoms with Crippen LogP contribution in [0.2, 0.25) is 10.0 Å². The highest BCUT2D eigenvalue weighted by atomic mass is 35.5. The molecule has 0 aromatic heterocycles. The zero-order valence-electron chi connectivity index (χ0n) is 22.8. The lowest BCUT2D eigenvalue weighted by molar-refractivity contribution is -0.159. The molecule has 0 radical (unpaired) electrons. The van der Waals surface area contributed by atoms with Gasteiger partial charge in [0.05, 0.1) is 35.5 Å². The van der Waals surface area contributed by atoms with Gasteiger partial charge in [-0.3, -0.25) is 4.79 Å². The predicted molar refractivity (Wildman–Crippen MR) is 162 cm³/mol. The Kier molecular flexibility index (Phi) is 7.52. The van der Waals surface area contributed by atoms with E-state index in [1.807, 2.05) is 37.3 Å². The van der Waals surface area contributed by atoms with Crippen LogP contribution in [0.25, 0.3) is 12.2 Å². The zero-order chi connectivity index (χ0) is 30.7. The molecule has 3 aromatic rings. The summed E-state index contributed by atoms with van der Waals surface area (Å²) in [5.74, 6) is -1.07. The fraction of sp³-hybridized carbons (Fsp3) is 0.250. The molecule has 0 unspecified atom stereocenters. The first-order valence-corrected chi connectivity index (χ1v) is 14.9. The highest BCUT2D eigenvalue weighted by Gasteiger charge is 2.60. The number of rotatable bonds is 4. The van der Waals surface area contributed by atoms with Crippen molar-refractivity contribution >= 4 is 58.9 Å². The first kappa shape index (κ1) is 29.9. The van der Waals surface area contributed by atoms with Crippen LogP contribution in [-0.2, 0) is 21.7 Å². The summed E-state index contributed by atoms with van der Waals surface area (Å²) in [6.45, 7) is 6.64. The van der Waals surface area contributed by atoms with Crippen LogP contribution in [0.15, 0.2) is 65.6 Å². The highest BCUT2D eigenvalue weighted by Crippen LogP contribution is 2.57. The Balaban J connectivity index is 1.22. The molecule has 0 bridgehead atoms. The summed E-state index contributed by atoms with van der Waals surface area (Å²) < 4.78 is 65.5. The van der Waals surface area contributed by atoms with Crippen molar-refractivity contribution in [2.75, 3.05) is 13.1 Å². The van der Waals surface area contributed by atoms with Crippen LogP contribution < -0.4 is 10.4 Å². The van der Waals surface area contributed by atoms with E-state index in [0.29, 0.717) is 36.2 Å². The molecule has 3 aliphatic heterocycles.